The molecule has 0 spiro atoms. The molecule has 1 atom stereocenters. The van der Waals surface area contributed by atoms with Crippen LogP contribution in [0.5, 0.6) is 0 Å². The molecule has 0 radical (unpaired) electrons. The summed E-state index contributed by atoms with van der Waals surface area (Å²) >= 11 is 0. The Morgan fingerprint density at radius 1 is 1.08 bits per heavy atom. The number of rotatable bonds is 5. The summed E-state index contributed by atoms with van der Waals surface area (Å²) in [5, 5.41) is 6.57. The number of sulfone groups is 1. The fraction of sp³-hybridized carbons (Fsp3) is 0.278. The second-order valence-corrected chi connectivity index (χ2v) is 7.63. The molecular weight excluding hydrogens is 449 g/mol. The smallest absolute Gasteiger partial charge is 0.191 e. The van der Waals surface area contributed by atoms with Crippen LogP contribution in [-0.2, 0) is 16.4 Å². The van der Waals surface area contributed by atoms with Gasteiger partial charge in [0.15, 0.2) is 15.8 Å². The van der Waals surface area contributed by atoms with Crippen molar-refractivity contribution in [1.29, 1.82) is 0 Å². The van der Waals surface area contributed by atoms with Crippen molar-refractivity contribution in [3.8, 4) is 0 Å². The normalized spacial score (nSPS) is 12.8. The highest BCUT2D eigenvalue weighted by atomic mass is 127. The van der Waals surface area contributed by atoms with Gasteiger partial charge in [0.25, 0.3) is 0 Å². The summed E-state index contributed by atoms with van der Waals surface area (Å²) in [5.74, 6) is 0.693. The molecule has 2 aromatic rings. The maximum atomic E-state index is 11.5. The van der Waals surface area contributed by atoms with Gasteiger partial charge in [0.1, 0.15) is 0 Å². The van der Waals surface area contributed by atoms with E-state index in [9.17, 15) is 8.42 Å². The Kier molecular flexibility index (Phi) is 8.37. The molecule has 0 fully saturated rings. The van der Waals surface area contributed by atoms with Gasteiger partial charge < -0.3 is 10.6 Å². The fourth-order valence-corrected chi connectivity index (χ4v) is 2.90. The van der Waals surface area contributed by atoms with Crippen LogP contribution >= 0.6 is 24.0 Å². The molecule has 7 heteroatoms. The molecule has 0 aliphatic carbocycles. The van der Waals surface area contributed by atoms with Crippen molar-refractivity contribution in [1.82, 2.24) is 10.6 Å². The van der Waals surface area contributed by atoms with E-state index in [0.717, 1.165) is 5.56 Å². The van der Waals surface area contributed by atoms with Crippen molar-refractivity contribution in [3.05, 3.63) is 65.7 Å². The van der Waals surface area contributed by atoms with Gasteiger partial charge >= 0.3 is 0 Å². The van der Waals surface area contributed by atoms with Crippen LogP contribution in [0.15, 0.2) is 64.5 Å². The van der Waals surface area contributed by atoms with Crippen molar-refractivity contribution in [2.45, 2.75) is 24.4 Å². The SMILES string of the molecule is CN=C(NCc1ccc(S(C)(=O)=O)cc1)NC(C)c1ccccc1.I. The molecule has 0 bridgehead atoms. The first-order chi connectivity index (χ1) is 11.4. The standard InChI is InChI=1S/C18H23N3O2S.HI/c1-14(16-7-5-4-6-8-16)21-18(19-2)20-13-15-9-11-17(12-10-15)24(3,22)23;/h4-12,14H,13H2,1-3H3,(H2,19,20,21);1H. The van der Waals surface area contributed by atoms with Crippen LogP contribution in [0.4, 0.5) is 0 Å². The summed E-state index contributed by atoms with van der Waals surface area (Å²) in [4.78, 5) is 4.55. The van der Waals surface area contributed by atoms with E-state index in [4.69, 9.17) is 0 Å². The molecule has 0 aliphatic heterocycles. The zero-order chi connectivity index (χ0) is 17.6. The van der Waals surface area contributed by atoms with E-state index < -0.39 is 9.84 Å². The van der Waals surface area contributed by atoms with Crippen LogP contribution in [0.2, 0.25) is 0 Å². The van der Waals surface area contributed by atoms with Gasteiger partial charge in [0, 0.05) is 19.8 Å². The Hall–Kier alpha value is -1.61. The maximum absolute atomic E-state index is 11.5. The largest absolute Gasteiger partial charge is 0.352 e. The molecule has 2 aromatic carbocycles. The Bertz CT molecular complexity index is 791. The summed E-state index contributed by atoms with van der Waals surface area (Å²) in [5.41, 5.74) is 2.16. The summed E-state index contributed by atoms with van der Waals surface area (Å²) < 4.78 is 22.9. The molecular formula is C18H24IN3O2S. The third kappa shape index (κ3) is 6.66. The Balaban J connectivity index is 0.00000312. The van der Waals surface area contributed by atoms with Crippen molar-refractivity contribution < 1.29 is 8.42 Å². The molecule has 1 unspecified atom stereocenters. The number of nitrogens with one attached hydrogen (secondary N) is 2. The lowest BCUT2D eigenvalue weighted by Crippen LogP contribution is -2.38. The van der Waals surface area contributed by atoms with Gasteiger partial charge in [0.05, 0.1) is 10.9 Å². The van der Waals surface area contributed by atoms with Crippen LogP contribution < -0.4 is 10.6 Å². The molecule has 0 saturated heterocycles. The molecule has 0 aromatic heterocycles. The minimum atomic E-state index is -3.16. The first kappa shape index (κ1) is 21.4. The third-order valence-corrected chi connectivity index (χ3v) is 4.82. The van der Waals surface area contributed by atoms with Crippen LogP contribution in [0.3, 0.4) is 0 Å². The Morgan fingerprint density at radius 2 is 1.68 bits per heavy atom. The monoisotopic (exact) mass is 473 g/mol. The van der Waals surface area contributed by atoms with Gasteiger partial charge in [0.2, 0.25) is 0 Å². The van der Waals surface area contributed by atoms with Crippen molar-refractivity contribution in [2.75, 3.05) is 13.3 Å². The van der Waals surface area contributed by atoms with E-state index in [1.807, 2.05) is 18.2 Å². The summed E-state index contributed by atoms with van der Waals surface area (Å²) in [7, 11) is -1.44. The second-order valence-electron chi connectivity index (χ2n) is 5.62. The first-order valence-corrected chi connectivity index (χ1v) is 9.60. The minimum absolute atomic E-state index is 0. The zero-order valence-corrected chi connectivity index (χ0v) is 17.7. The van der Waals surface area contributed by atoms with Gasteiger partial charge in [-0.15, -0.1) is 24.0 Å². The lowest BCUT2D eigenvalue weighted by Gasteiger charge is -2.18. The number of halogens is 1. The third-order valence-electron chi connectivity index (χ3n) is 3.69. The fourth-order valence-electron chi connectivity index (χ4n) is 2.27. The lowest BCUT2D eigenvalue weighted by atomic mass is 10.1. The second kappa shape index (κ2) is 9.76. The molecule has 25 heavy (non-hydrogen) atoms. The summed E-state index contributed by atoms with van der Waals surface area (Å²) in [6.45, 7) is 2.63. The highest BCUT2D eigenvalue weighted by molar-refractivity contribution is 14.0. The van der Waals surface area contributed by atoms with Crippen LogP contribution in [-0.4, -0.2) is 27.7 Å². The van der Waals surface area contributed by atoms with E-state index in [1.54, 1.807) is 31.3 Å². The quantitative estimate of drug-likeness (QED) is 0.398. The van der Waals surface area contributed by atoms with E-state index >= 15 is 0 Å². The number of guanidine groups is 1. The maximum Gasteiger partial charge on any atom is 0.191 e. The highest BCUT2D eigenvalue weighted by Crippen LogP contribution is 2.12. The molecule has 0 amide bonds. The summed E-state index contributed by atoms with van der Waals surface area (Å²) in [6, 6.07) is 17.1. The number of aliphatic imine (C=N–C) groups is 1. The summed E-state index contributed by atoms with van der Waals surface area (Å²) in [6.07, 6.45) is 1.21. The average molecular weight is 473 g/mol. The Labute approximate surface area is 166 Å². The lowest BCUT2D eigenvalue weighted by molar-refractivity contribution is 0.602. The van der Waals surface area contributed by atoms with Gasteiger partial charge in [-0.05, 0) is 30.2 Å². The number of hydrogen-bond donors (Lipinski definition) is 2. The number of nitrogens with zero attached hydrogens (tertiary/aromatic N) is 1. The van der Waals surface area contributed by atoms with Crippen LogP contribution in [0.25, 0.3) is 0 Å². The molecule has 2 rings (SSSR count). The first-order valence-electron chi connectivity index (χ1n) is 7.71. The minimum Gasteiger partial charge on any atom is -0.352 e. The van der Waals surface area contributed by atoms with Crippen LogP contribution in [0, 0.1) is 0 Å². The average Bonchev–Trinajstić information content (AvgIpc) is 2.58. The Morgan fingerprint density at radius 3 is 2.20 bits per heavy atom. The van der Waals surface area contributed by atoms with Crippen molar-refractivity contribution >= 4 is 39.8 Å². The predicted molar refractivity (Wildman–Crippen MR) is 113 cm³/mol. The number of benzene rings is 2. The molecule has 0 heterocycles. The molecule has 136 valence electrons. The topological polar surface area (TPSA) is 70.6 Å². The van der Waals surface area contributed by atoms with E-state index in [2.05, 4.69) is 34.7 Å². The van der Waals surface area contributed by atoms with Crippen LogP contribution in [0.1, 0.15) is 24.1 Å². The van der Waals surface area contributed by atoms with E-state index in [1.165, 1.54) is 11.8 Å². The van der Waals surface area contributed by atoms with Crippen molar-refractivity contribution in [2.24, 2.45) is 4.99 Å². The number of hydrogen-bond acceptors (Lipinski definition) is 3. The molecule has 0 aliphatic rings. The van der Waals surface area contributed by atoms with Gasteiger partial charge in [-0.2, -0.15) is 0 Å². The highest BCUT2D eigenvalue weighted by Gasteiger charge is 2.08. The van der Waals surface area contributed by atoms with Gasteiger partial charge in [-0.1, -0.05) is 42.5 Å². The predicted octanol–water partition coefficient (Wildman–Crippen LogP) is 3.13. The van der Waals surface area contributed by atoms with Gasteiger partial charge in [-0.25, -0.2) is 8.42 Å². The molecule has 5 nitrogen and oxygen atoms in total. The van der Waals surface area contributed by atoms with E-state index in [0.29, 0.717) is 17.4 Å². The van der Waals surface area contributed by atoms with Crippen molar-refractivity contribution in [3.63, 3.8) is 0 Å². The van der Waals surface area contributed by atoms with Gasteiger partial charge in [-0.3, -0.25) is 4.99 Å². The zero-order valence-electron chi connectivity index (χ0n) is 14.6. The molecule has 2 N–H and O–H groups in total. The molecule has 0 saturated carbocycles. The van der Waals surface area contributed by atoms with E-state index in [-0.39, 0.29) is 30.0 Å².